The molecule has 0 aliphatic carbocycles. The second kappa shape index (κ2) is 7.62. The molecule has 0 bridgehead atoms. The highest BCUT2D eigenvalue weighted by Gasteiger charge is 2.29. The van der Waals surface area contributed by atoms with Crippen LogP contribution in [0.2, 0.25) is 0 Å². The van der Waals surface area contributed by atoms with Crippen molar-refractivity contribution in [2.24, 2.45) is 4.99 Å². The molecule has 0 aliphatic heterocycles. The van der Waals surface area contributed by atoms with E-state index < -0.39 is 7.60 Å². The molecule has 0 radical (unpaired) electrons. The first kappa shape index (κ1) is 16.8. The van der Waals surface area contributed by atoms with Gasteiger partial charge in [-0.2, -0.15) is 5.26 Å². The maximum atomic E-state index is 13.1. The van der Waals surface area contributed by atoms with Crippen molar-refractivity contribution in [1.29, 1.82) is 5.26 Å². The zero-order valence-corrected chi connectivity index (χ0v) is 13.9. The largest absolute Gasteiger partial charge is 0.452 e. The Labute approximate surface area is 135 Å². The average molecular weight is 328 g/mol. The normalized spacial score (nSPS) is 11.2. The summed E-state index contributed by atoms with van der Waals surface area (Å²) in [6.45, 7) is 3.71. The summed E-state index contributed by atoms with van der Waals surface area (Å²) in [6, 6.07) is 16.2. The maximum absolute atomic E-state index is 13.1. The van der Waals surface area contributed by atoms with Gasteiger partial charge in [0.15, 0.2) is 6.29 Å². The van der Waals surface area contributed by atoms with Crippen LogP contribution in [0.1, 0.15) is 11.1 Å². The number of benzene rings is 2. The monoisotopic (exact) mass is 328 g/mol. The molecular formula is C17H17N2O3P. The van der Waals surface area contributed by atoms with Crippen molar-refractivity contribution >= 4 is 13.8 Å². The summed E-state index contributed by atoms with van der Waals surface area (Å²) in [5.74, 6) is 0.938. The first-order valence-electron chi connectivity index (χ1n) is 7.01. The Kier molecular flexibility index (Phi) is 5.56. The molecule has 0 amide bonds. The van der Waals surface area contributed by atoms with E-state index in [4.69, 9.17) is 14.3 Å². The van der Waals surface area contributed by atoms with Gasteiger partial charge >= 0.3 is 7.60 Å². The molecule has 2 aromatic carbocycles. The molecule has 0 fully saturated rings. The van der Waals surface area contributed by atoms with E-state index in [1.807, 2.05) is 38.1 Å². The molecule has 0 aliphatic rings. The Hall–Kier alpha value is -2.57. The first-order valence-corrected chi connectivity index (χ1v) is 8.74. The van der Waals surface area contributed by atoms with Crippen LogP contribution in [0.4, 0.5) is 0 Å². The van der Waals surface area contributed by atoms with E-state index in [1.165, 1.54) is 0 Å². The molecule has 5 nitrogen and oxygen atoms in total. The van der Waals surface area contributed by atoms with Crippen LogP contribution in [0.15, 0.2) is 53.5 Å². The van der Waals surface area contributed by atoms with E-state index >= 15 is 0 Å². The van der Waals surface area contributed by atoms with Gasteiger partial charge in [0.2, 0.25) is 0 Å². The summed E-state index contributed by atoms with van der Waals surface area (Å²) in [5, 5.41) is 8.56. The zero-order chi connectivity index (χ0) is 16.7. The van der Waals surface area contributed by atoms with Crippen molar-refractivity contribution in [3.8, 4) is 17.6 Å². The van der Waals surface area contributed by atoms with Gasteiger partial charge in [-0.1, -0.05) is 36.4 Å². The minimum absolute atomic E-state index is 0.233. The Balaban J connectivity index is 2.31. The third kappa shape index (κ3) is 4.70. The van der Waals surface area contributed by atoms with Crippen molar-refractivity contribution < 1.29 is 13.6 Å². The smallest absolute Gasteiger partial charge is 0.415 e. The van der Waals surface area contributed by atoms with Gasteiger partial charge < -0.3 is 9.05 Å². The number of hydrogen-bond acceptors (Lipinski definition) is 5. The van der Waals surface area contributed by atoms with E-state index in [9.17, 15) is 4.57 Å². The summed E-state index contributed by atoms with van der Waals surface area (Å²) >= 11 is 0. The molecule has 23 heavy (non-hydrogen) atoms. The van der Waals surface area contributed by atoms with Crippen molar-refractivity contribution in [2.75, 3.05) is 6.29 Å². The average Bonchev–Trinajstić information content (AvgIpc) is 2.52. The fourth-order valence-electron chi connectivity index (χ4n) is 1.88. The highest BCUT2D eigenvalue weighted by atomic mass is 31.2. The van der Waals surface area contributed by atoms with Crippen molar-refractivity contribution in [1.82, 2.24) is 0 Å². The molecule has 0 unspecified atom stereocenters. The highest BCUT2D eigenvalue weighted by Crippen LogP contribution is 2.49. The SMILES string of the molecule is Cc1ccccc1OP(=O)(CN=CC#N)Oc1ccccc1C. The van der Waals surface area contributed by atoms with Crippen molar-refractivity contribution in [3.63, 3.8) is 0 Å². The Morgan fingerprint density at radius 2 is 1.52 bits per heavy atom. The number of hydrogen-bond donors (Lipinski definition) is 0. The highest BCUT2D eigenvalue weighted by molar-refractivity contribution is 7.54. The molecule has 118 valence electrons. The topological polar surface area (TPSA) is 71.7 Å². The summed E-state index contributed by atoms with van der Waals surface area (Å²) in [6.07, 6.45) is 0.790. The van der Waals surface area contributed by atoms with Crippen molar-refractivity contribution in [2.45, 2.75) is 13.8 Å². The number of aliphatic imine (C=N–C) groups is 1. The summed E-state index contributed by atoms with van der Waals surface area (Å²) in [4.78, 5) is 3.81. The Bertz CT molecular complexity index is 745. The lowest BCUT2D eigenvalue weighted by atomic mass is 10.2. The zero-order valence-electron chi connectivity index (χ0n) is 13.0. The van der Waals surface area contributed by atoms with E-state index in [0.29, 0.717) is 11.5 Å². The number of nitrogens with zero attached hydrogens (tertiary/aromatic N) is 2. The predicted molar refractivity (Wildman–Crippen MR) is 90.2 cm³/mol. The van der Waals surface area contributed by atoms with E-state index in [2.05, 4.69) is 4.99 Å². The molecule has 0 aromatic heterocycles. The molecule has 0 saturated heterocycles. The molecule has 0 N–H and O–H groups in total. The number of aryl methyl sites for hydroxylation is 2. The van der Waals surface area contributed by atoms with Gasteiger partial charge in [0.1, 0.15) is 17.6 Å². The molecule has 0 heterocycles. The molecule has 2 aromatic rings. The van der Waals surface area contributed by atoms with Gasteiger partial charge in [0.05, 0.1) is 6.21 Å². The molecule has 6 heteroatoms. The van der Waals surface area contributed by atoms with Crippen molar-refractivity contribution in [3.05, 3.63) is 59.7 Å². The van der Waals surface area contributed by atoms with Crippen LogP contribution in [-0.2, 0) is 4.57 Å². The first-order chi connectivity index (χ1) is 11.0. The van der Waals surface area contributed by atoms with E-state index in [-0.39, 0.29) is 6.29 Å². The second-order valence-corrected chi connectivity index (χ2v) is 6.78. The third-order valence-electron chi connectivity index (χ3n) is 3.07. The molecular weight excluding hydrogens is 311 g/mol. The fraction of sp³-hybridized carbons (Fsp3) is 0.176. The quantitative estimate of drug-likeness (QED) is 0.578. The van der Waals surface area contributed by atoms with Gasteiger partial charge in [-0.25, -0.2) is 4.57 Å². The fourth-order valence-corrected chi connectivity index (χ4v) is 3.32. The van der Waals surface area contributed by atoms with Gasteiger partial charge in [0.25, 0.3) is 0 Å². The van der Waals surface area contributed by atoms with E-state index in [1.54, 1.807) is 30.3 Å². The van der Waals surface area contributed by atoms with Gasteiger partial charge in [0, 0.05) is 0 Å². The van der Waals surface area contributed by atoms with Gasteiger partial charge in [-0.3, -0.25) is 4.99 Å². The van der Waals surface area contributed by atoms with Crippen LogP contribution in [0.5, 0.6) is 11.5 Å². The maximum Gasteiger partial charge on any atom is 0.452 e. The van der Waals surface area contributed by atoms with Crippen LogP contribution in [0.25, 0.3) is 0 Å². The third-order valence-corrected chi connectivity index (χ3v) is 4.53. The van der Waals surface area contributed by atoms with Gasteiger partial charge in [-0.15, -0.1) is 0 Å². The lowest BCUT2D eigenvalue weighted by molar-refractivity contribution is 0.384. The minimum Gasteiger partial charge on any atom is -0.415 e. The van der Waals surface area contributed by atoms with E-state index in [0.717, 1.165) is 17.3 Å². The van der Waals surface area contributed by atoms with Crippen LogP contribution < -0.4 is 9.05 Å². The van der Waals surface area contributed by atoms with Gasteiger partial charge in [-0.05, 0) is 37.1 Å². The minimum atomic E-state index is -3.60. The molecule has 0 spiro atoms. The standard InChI is InChI=1S/C17H17N2O3P/c1-14-7-3-5-9-16(14)21-23(20,13-19-12-11-18)22-17-10-6-4-8-15(17)2/h3-10,12H,13H2,1-2H3. The number of rotatable bonds is 6. The lowest BCUT2D eigenvalue weighted by Crippen LogP contribution is -2.05. The lowest BCUT2D eigenvalue weighted by Gasteiger charge is -2.20. The summed E-state index contributed by atoms with van der Waals surface area (Å²) < 4.78 is 24.4. The Morgan fingerprint density at radius 1 is 1.04 bits per heavy atom. The van der Waals surface area contributed by atoms with Crippen LogP contribution in [-0.4, -0.2) is 12.5 Å². The van der Waals surface area contributed by atoms with Crippen LogP contribution >= 0.6 is 7.60 Å². The van der Waals surface area contributed by atoms with Crippen LogP contribution in [0.3, 0.4) is 0 Å². The molecule has 0 saturated carbocycles. The number of para-hydroxylation sites is 2. The van der Waals surface area contributed by atoms with Crippen LogP contribution in [0, 0.1) is 25.2 Å². The second-order valence-electron chi connectivity index (χ2n) is 4.91. The molecule has 0 atom stereocenters. The summed E-state index contributed by atoms with van der Waals surface area (Å²) in [7, 11) is -3.60. The Morgan fingerprint density at radius 3 is 1.96 bits per heavy atom. The number of nitriles is 1. The predicted octanol–water partition coefficient (Wildman–Crippen LogP) is 4.51. The summed E-state index contributed by atoms with van der Waals surface area (Å²) in [5.41, 5.74) is 1.68. The molecule has 2 rings (SSSR count).